The van der Waals surface area contributed by atoms with E-state index < -0.39 is 18.0 Å². The molecule has 1 aromatic rings. The Balaban J connectivity index is 2.23. The van der Waals surface area contributed by atoms with Crippen LogP contribution in [0, 0.1) is 17.8 Å². The number of carbonyl (C=O) groups is 1. The van der Waals surface area contributed by atoms with Gasteiger partial charge in [0.1, 0.15) is 5.75 Å². The lowest BCUT2D eigenvalue weighted by atomic mass is 9.87. The molecule has 116 valence electrons. The van der Waals surface area contributed by atoms with E-state index in [1.807, 2.05) is 0 Å². The maximum atomic E-state index is 11.4. The second kappa shape index (κ2) is 6.67. The van der Waals surface area contributed by atoms with Gasteiger partial charge >= 0.3 is 5.97 Å². The average Bonchev–Trinajstić information content (AvgIpc) is 2.90. The number of halogens is 1. The standard InChI is InChI=1S/C16H21ClO4/c1-3-9-6-11(12(7-9)16(19)20)15(18)10-4-5-14(21-2)13(17)8-10/h4-5,8-9,11-12,15,18H,3,6-7H2,1-2H3,(H,19,20). The maximum Gasteiger partial charge on any atom is 0.306 e. The number of aliphatic hydroxyl groups is 1. The summed E-state index contributed by atoms with van der Waals surface area (Å²) in [7, 11) is 1.53. The van der Waals surface area contributed by atoms with Gasteiger partial charge in [0.25, 0.3) is 0 Å². The van der Waals surface area contributed by atoms with E-state index in [1.54, 1.807) is 18.2 Å². The van der Waals surface area contributed by atoms with Crippen molar-refractivity contribution in [3.05, 3.63) is 28.8 Å². The van der Waals surface area contributed by atoms with Gasteiger partial charge in [0.2, 0.25) is 0 Å². The minimum absolute atomic E-state index is 0.267. The van der Waals surface area contributed by atoms with Gasteiger partial charge in [-0.15, -0.1) is 0 Å². The molecule has 1 fully saturated rings. The summed E-state index contributed by atoms with van der Waals surface area (Å²) >= 11 is 6.08. The topological polar surface area (TPSA) is 66.8 Å². The minimum atomic E-state index is -0.824. The van der Waals surface area contributed by atoms with Gasteiger partial charge in [0.05, 0.1) is 24.2 Å². The van der Waals surface area contributed by atoms with Crippen molar-refractivity contribution in [3.8, 4) is 5.75 Å². The lowest BCUT2D eigenvalue weighted by Crippen LogP contribution is -2.23. The number of ether oxygens (including phenoxy) is 1. The summed E-state index contributed by atoms with van der Waals surface area (Å²) in [6.45, 7) is 2.06. The van der Waals surface area contributed by atoms with E-state index in [1.165, 1.54) is 7.11 Å². The molecule has 0 aliphatic heterocycles. The van der Waals surface area contributed by atoms with Crippen LogP contribution in [0.5, 0.6) is 5.75 Å². The number of aliphatic hydroxyl groups excluding tert-OH is 1. The second-order valence-electron chi connectivity index (χ2n) is 5.69. The van der Waals surface area contributed by atoms with Crippen molar-refractivity contribution in [3.63, 3.8) is 0 Å². The number of carboxylic acid groups (broad SMARTS) is 1. The number of benzene rings is 1. The molecule has 4 unspecified atom stereocenters. The molecule has 21 heavy (non-hydrogen) atoms. The number of methoxy groups -OCH3 is 1. The lowest BCUT2D eigenvalue weighted by molar-refractivity contribution is -0.144. The smallest absolute Gasteiger partial charge is 0.306 e. The summed E-state index contributed by atoms with van der Waals surface area (Å²) in [5.41, 5.74) is 0.647. The van der Waals surface area contributed by atoms with E-state index >= 15 is 0 Å². The van der Waals surface area contributed by atoms with Crippen LogP contribution in [0.1, 0.15) is 37.9 Å². The Morgan fingerprint density at radius 1 is 1.48 bits per heavy atom. The van der Waals surface area contributed by atoms with E-state index in [4.69, 9.17) is 16.3 Å². The number of rotatable bonds is 5. The van der Waals surface area contributed by atoms with Crippen molar-refractivity contribution >= 4 is 17.6 Å². The van der Waals surface area contributed by atoms with Gasteiger partial charge < -0.3 is 14.9 Å². The van der Waals surface area contributed by atoms with E-state index in [0.717, 1.165) is 12.8 Å². The monoisotopic (exact) mass is 312 g/mol. The molecule has 0 spiro atoms. The van der Waals surface area contributed by atoms with Gasteiger partial charge in [-0.1, -0.05) is 31.0 Å². The normalized spacial score (nSPS) is 26.6. The zero-order valence-electron chi connectivity index (χ0n) is 12.3. The van der Waals surface area contributed by atoms with Gasteiger partial charge in [0, 0.05) is 5.92 Å². The summed E-state index contributed by atoms with van der Waals surface area (Å²) in [5.74, 6) is -0.683. The second-order valence-corrected chi connectivity index (χ2v) is 6.10. The molecule has 0 radical (unpaired) electrons. The highest BCUT2D eigenvalue weighted by Crippen LogP contribution is 2.45. The molecule has 1 aliphatic carbocycles. The van der Waals surface area contributed by atoms with Gasteiger partial charge in [-0.3, -0.25) is 4.79 Å². The van der Waals surface area contributed by atoms with Crippen LogP contribution < -0.4 is 4.74 Å². The first kappa shape index (κ1) is 16.1. The highest BCUT2D eigenvalue weighted by molar-refractivity contribution is 6.32. The molecular formula is C16H21ClO4. The number of aliphatic carboxylic acids is 1. The van der Waals surface area contributed by atoms with Crippen LogP contribution in [0.15, 0.2) is 18.2 Å². The molecule has 4 nitrogen and oxygen atoms in total. The van der Waals surface area contributed by atoms with E-state index in [0.29, 0.717) is 28.7 Å². The SMILES string of the molecule is CCC1CC(C(=O)O)C(C(O)c2ccc(OC)c(Cl)c2)C1. The largest absolute Gasteiger partial charge is 0.495 e. The summed E-state index contributed by atoms with van der Waals surface area (Å²) in [6.07, 6.45) is 1.50. The van der Waals surface area contributed by atoms with E-state index in [2.05, 4.69) is 6.92 Å². The fraction of sp³-hybridized carbons (Fsp3) is 0.562. The third-order valence-corrected chi connectivity index (χ3v) is 4.82. The van der Waals surface area contributed by atoms with Crippen molar-refractivity contribution in [2.75, 3.05) is 7.11 Å². The van der Waals surface area contributed by atoms with Crippen LogP contribution in [0.4, 0.5) is 0 Å². The Morgan fingerprint density at radius 3 is 2.71 bits per heavy atom. The summed E-state index contributed by atoms with van der Waals surface area (Å²) < 4.78 is 5.09. The molecular weight excluding hydrogens is 292 g/mol. The van der Waals surface area contributed by atoms with Crippen molar-refractivity contribution in [1.82, 2.24) is 0 Å². The van der Waals surface area contributed by atoms with Gasteiger partial charge in [-0.05, 0) is 36.5 Å². The van der Waals surface area contributed by atoms with Crippen molar-refractivity contribution in [2.24, 2.45) is 17.8 Å². The van der Waals surface area contributed by atoms with Gasteiger partial charge in [0.15, 0.2) is 0 Å². The Labute approximate surface area is 129 Å². The van der Waals surface area contributed by atoms with Gasteiger partial charge in [-0.2, -0.15) is 0 Å². The first-order chi connectivity index (χ1) is 9.97. The van der Waals surface area contributed by atoms with Crippen LogP contribution in [0.2, 0.25) is 5.02 Å². The molecule has 2 rings (SSSR count). The Hall–Kier alpha value is -1.26. The Morgan fingerprint density at radius 2 is 2.19 bits per heavy atom. The Kier molecular flexibility index (Phi) is 5.12. The lowest BCUT2D eigenvalue weighted by Gasteiger charge is -2.23. The molecule has 0 amide bonds. The van der Waals surface area contributed by atoms with Crippen molar-refractivity contribution < 1.29 is 19.7 Å². The van der Waals surface area contributed by atoms with Crippen molar-refractivity contribution in [1.29, 1.82) is 0 Å². The third-order valence-electron chi connectivity index (χ3n) is 4.53. The number of hydrogen-bond donors (Lipinski definition) is 2. The van der Waals surface area contributed by atoms with Crippen LogP contribution in [0.25, 0.3) is 0 Å². The molecule has 2 N–H and O–H groups in total. The highest BCUT2D eigenvalue weighted by atomic mass is 35.5. The first-order valence-corrected chi connectivity index (χ1v) is 7.60. The number of hydrogen-bond acceptors (Lipinski definition) is 3. The van der Waals surface area contributed by atoms with Crippen LogP contribution in [0.3, 0.4) is 0 Å². The quantitative estimate of drug-likeness (QED) is 0.873. The number of carboxylic acids is 1. The molecule has 4 atom stereocenters. The fourth-order valence-electron chi connectivity index (χ4n) is 3.26. The maximum absolute atomic E-state index is 11.4. The molecule has 1 saturated carbocycles. The minimum Gasteiger partial charge on any atom is -0.495 e. The summed E-state index contributed by atoms with van der Waals surface area (Å²) in [5, 5.41) is 20.4. The zero-order valence-corrected chi connectivity index (χ0v) is 13.0. The predicted octanol–water partition coefficient (Wildman–Crippen LogP) is 3.52. The van der Waals surface area contributed by atoms with Crippen LogP contribution in [-0.2, 0) is 4.79 Å². The first-order valence-electron chi connectivity index (χ1n) is 7.22. The molecule has 0 aromatic heterocycles. The van der Waals surface area contributed by atoms with E-state index in [-0.39, 0.29) is 5.92 Å². The van der Waals surface area contributed by atoms with Gasteiger partial charge in [-0.25, -0.2) is 0 Å². The highest BCUT2D eigenvalue weighted by Gasteiger charge is 2.42. The third kappa shape index (κ3) is 3.33. The molecule has 0 bridgehead atoms. The molecule has 0 saturated heterocycles. The zero-order chi connectivity index (χ0) is 15.6. The van der Waals surface area contributed by atoms with E-state index in [9.17, 15) is 15.0 Å². The molecule has 5 heteroatoms. The average molecular weight is 313 g/mol. The van der Waals surface area contributed by atoms with Crippen LogP contribution in [-0.4, -0.2) is 23.3 Å². The summed E-state index contributed by atoms with van der Waals surface area (Å²) in [6, 6.07) is 5.10. The summed E-state index contributed by atoms with van der Waals surface area (Å²) in [4.78, 5) is 11.4. The predicted molar refractivity (Wildman–Crippen MR) is 80.6 cm³/mol. The van der Waals surface area contributed by atoms with Crippen molar-refractivity contribution in [2.45, 2.75) is 32.3 Å². The van der Waals surface area contributed by atoms with Crippen LogP contribution >= 0.6 is 11.6 Å². The molecule has 1 aliphatic rings. The fourth-order valence-corrected chi connectivity index (χ4v) is 3.53. The molecule has 0 heterocycles. The molecule has 1 aromatic carbocycles. The Bertz CT molecular complexity index is 517.